The fourth-order valence-electron chi connectivity index (χ4n) is 3.73. The number of aromatic hydroxyl groups is 2. The molecule has 5 nitrogen and oxygen atoms in total. The zero-order chi connectivity index (χ0) is 18.1. The van der Waals surface area contributed by atoms with E-state index in [4.69, 9.17) is 0 Å². The molecule has 2 heterocycles. The van der Waals surface area contributed by atoms with Crippen molar-refractivity contribution < 1.29 is 15.0 Å². The summed E-state index contributed by atoms with van der Waals surface area (Å²) in [6.07, 6.45) is 3.07. The van der Waals surface area contributed by atoms with Crippen molar-refractivity contribution in [3.05, 3.63) is 59.8 Å². The summed E-state index contributed by atoms with van der Waals surface area (Å²) in [4.78, 5) is 17.7. The van der Waals surface area contributed by atoms with Gasteiger partial charge in [0.15, 0.2) is 11.5 Å². The molecular weight excluding hydrogens is 328 g/mol. The molecule has 0 atom stereocenters. The summed E-state index contributed by atoms with van der Waals surface area (Å²) in [6.45, 7) is 1.50. The number of benzene rings is 2. The van der Waals surface area contributed by atoms with Gasteiger partial charge in [-0.05, 0) is 42.9 Å². The Labute approximate surface area is 151 Å². The van der Waals surface area contributed by atoms with Crippen LogP contribution >= 0.6 is 0 Å². The van der Waals surface area contributed by atoms with Gasteiger partial charge in [-0.25, -0.2) is 0 Å². The van der Waals surface area contributed by atoms with E-state index in [0.29, 0.717) is 22.5 Å². The highest BCUT2D eigenvalue weighted by Crippen LogP contribution is 2.31. The molecule has 0 radical (unpaired) electrons. The van der Waals surface area contributed by atoms with E-state index in [1.54, 1.807) is 6.07 Å². The maximum atomic E-state index is 12.8. The van der Waals surface area contributed by atoms with Crippen LogP contribution in [0.1, 0.15) is 28.9 Å². The number of phenols is 2. The normalized spacial score (nSPS) is 15.5. The largest absolute Gasteiger partial charge is 0.504 e. The number of fused-ring (bicyclic) bond motifs is 1. The van der Waals surface area contributed by atoms with Crippen molar-refractivity contribution in [3.63, 3.8) is 0 Å². The number of carbonyl (C=O) groups excluding carboxylic acids is 1. The van der Waals surface area contributed by atoms with Crippen LogP contribution < -0.4 is 0 Å². The first-order valence-electron chi connectivity index (χ1n) is 8.98. The number of phenolic OH excluding ortho intramolecular Hbond substituents is 2. The molecule has 3 N–H and O–H groups in total. The van der Waals surface area contributed by atoms with Gasteiger partial charge >= 0.3 is 0 Å². The van der Waals surface area contributed by atoms with Gasteiger partial charge in [-0.3, -0.25) is 4.79 Å². The third kappa shape index (κ3) is 3.25. The van der Waals surface area contributed by atoms with Gasteiger partial charge in [0.2, 0.25) is 0 Å². The Kier molecular flexibility index (Phi) is 4.29. The third-order valence-electron chi connectivity index (χ3n) is 5.22. The topological polar surface area (TPSA) is 76.6 Å². The Morgan fingerprint density at radius 3 is 2.46 bits per heavy atom. The standard InChI is InChI=1S/C21H22N2O3/c24-19-12-16-11-18(22-17(16)13-20(19)25)21(26)23-8-6-15(7-9-23)10-14-4-2-1-3-5-14/h1-5,11-13,15,22,24-25H,6-10H2. The number of H-pyrrole nitrogens is 1. The Bertz CT molecular complexity index is 886. The summed E-state index contributed by atoms with van der Waals surface area (Å²) in [5, 5.41) is 19.9. The number of rotatable bonds is 3. The van der Waals surface area contributed by atoms with Crippen LogP contribution in [0.15, 0.2) is 48.5 Å². The lowest BCUT2D eigenvalue weighted by atomic mass is 9.90. The van der Waals surface area contributed by atoms with Crippen molar-refractivity contribution >= 4 is 16.8 Å². The molecule has 1 saturated heterocycles. The van der Waals surface area contributed by atoms with E-state index in [9.17, 15) is 15.0 Å². The predicted octanol–water partition coefficient (Wildman–Crippen LogP) is 3.67. The molecule has 0 bridgehead atoms. The van der Waals surface area contributed by atoms with E-state index in [1.807, 2.05) is 11.0 Å². The summed E-state index contributed by atoms with van der Waals surface area (Å²) in [6, 6.07) is 15.1. The van der Waals surface area contributed by atoms with E-state index in [2.05, 4.69) is 29.2 Å². The highest BCUT2D eigenvalue weighted by atomic mass is 16.3. The maximum Gasteiger partial charge on any atom is 0.270 e. The van der Waals surface area contributed by atoms with Crippen LogP contribution in [-0.4, -0.2) is 39.1 Å². The van der Waals surface area contributed by atoms with Crippen LogP contribution in [0.25, 0.3) is 10.9 Å². The summed E-state index contributed by atoms with van der Waals surface area (Å²) < 4.78 is 0. The second-order valence-corrected chi connectivity index (χ2v) is 7.04. The zero-order valence-corrected chi connectivity index (χ0v) is 14.5. The Morgan fingerprint density at radius 1 is 1.04 bits per heavy atom. The summed E-state index contributed by atoms with van der Waals surface area (Å²) in [5.41, 5.74) is 2.49. The van der Waals surface area contributed by atoms with Crippen LogP contribution in [0.2, 0.25) is 0 Å². The van der Waals surface area contributed by atoms with E-state index in [-0.39, 0.29) is 17.4 Å². The SMILES string of the molecule is O=C(c1cc2cc(O)c(O)cc2[nH]1)N1CCC(Cc2ccccc2)CC1. The van der Waals surface area contributed by atoms with Crippen molar-refractivity contribution in [1.82, 2.24) is 9.88 Å². The molecule has 0 saturated carbocycles. The summed E-state index contributed by atoms with van der Waals surface area (Å²) >= 11 is 0. The Balaban J connectivity index is 1.42. The second-order valence-electron chi connectivity index (χ2n) is 7.04. The molecule has 26 heavy (non-hydrogen) atoms. The number of nitrogens with one attached hydrogen (secondary N) is 1. The predicted molar refractivity (Wildman–Crippen MR) is 100 cm³/mol. The van der Waals surface area contributed by atoms with Gasteiger partial charge in [-0.1, -0.05) is 30.3 Å². The number of aromatic nitrogens is 1. The average molecular weight is 350 g/mol. The molecule has 5 heteroatoms. The molecule has 1 fully saturated rings. The summed E-state index contributed by atoms with van der Waals surface area (Å²) in [5.74, 6) is 0.202. The number of likely N-dealkylation sites (tertiary alicyclic amines) is 1. The molecule has 0 unspecified atom stereocenters. The molecule has 1 amide bonds. The first kappa shape index (κ1) is 16.5. The molecule has 134 valence electrons. The zero-order valence-electron chi connectivity index (χ0n) is 14.5. The number of hydrogen-bond donors (Lipinski definition) is 3. The van der Waals surface area contributed by atoms with Crippen molar-refractivity contribution in [2.75, 3.05) is 13.1 Å². The quantitative estimate of drug-likeness (QED) is 0.631. The minimum Gasteiger partial charge on any atom is -0.504 e. The molecule has 1 aliphatic rings. The first-order valence-corrected chi connectivity index (χ1v) is 8.98. The van der Waals surface area contributed by atoms with Gasteiger partial charge < -0.3 is 20.1 Å². The number of nitrogens with zero attached hydrogens (tertiary/aromatic N) is 1. The first-order chi connectivity index (χ1) is 12.6. The Morgan fingerprint density at radius 2 is 1.73 bits per heavy atom. The van der Waals surface area contributed by atoms with Crippen LogP contribution in [0, 0.1) is 5.92 Å². The van der Waals surface area contributed by atoms with E-state index in [1.165, 1.54) is 17.7 Å². The maximum absolute atomic E-state index is 12.8. The van der Waals surface area contributed by atoms with Crippen molar-refractivity contribution in [1.29, 1.82) is 0 Å². The van der Waals surface area contributed by atoms with Gasteiger partial charge in [0.25, 0.3) is 5.91 Å². The van der Waals surface area contributed by atoms with E-state index >= 15 is 0 Å². The molecule has 4 rings (SSSR count). The molecular formula is C21H22N2O3. The van der Waals surface area contributed by atoms with Crippen molar-refractivity contribution in [3.8, 4) is 11.5 Å². The average Bonchev–Trinajstić information content (AvgIpc) is 3.06. The van der Waals surface area contributed by atoms with E-state index < -0.39 is 0 Å². The fourth-order valence-corrected chi connectivity index (χ4v) is 3.73. The highest BCUT2D eigenvalue weighted by Gasteiger charge is 2.25. The molecule has 0 aliphatic carbocycles. The van der Waals surface area contributed by atoms with Gasteiger partial charge in [-0.15, -0.1) is 0 Å². The number of hydrogen-bond acceptors (Lipinski definition) is 3. The van der Waals surface area contributed by atoms with E-state index in [0.717, 1.165) is 32.4 Å². The number of aromatic amines is 1. The second kappa shape index (κ2) is 6.75. The minimum atomic E-state index is -0.194. The lowest BCUT2D eigenvalue weighted by molar-refractivity contribution is 0.0685. The van der Waals surface area contributed by atoms with Crippen molar-refractivity contribution in [2.45, 2.75) is 19.3 Å². The van der Waals surface area contributed by atoms with Crippen LogP contribution in [0.3, 0.4) is 0 Å². The molecule has 1 aliphatic heterocycles. The van der Waals surface area contributed by atoms with Crippen molar-refractivity contribution in [2.24, 2.45) is 5.92 Å². The third-order valence-corrected chi connectivity index (χ3v) is 5.22. The van der Waals surface area contributed by atoms with Gasteiger partial charge in [-0.2, -0.15) is 0 Å². The van der Waals surface area contributed by atoms with Gasteiger partial charge in [0.05, 0.1) is 0 Å². The monoisotopic (exact) mass is 350 g/mol. The number of piperidine rings is 1. The number of carbonyl (C=O) groups is 1. The van der Waals surface area contributed by atoms with Gasteiger partial charge in [0, 0.05) is 30.1 Å². The van der Waals surface area contributed by atoms with Crippen LogP contribution in [-0.2, 0) is 6.42 Å². The van der Waals surface area contributed by atoms with Gasteiger partial charge in [0.1, 0.15) is 5.69 Å². The molecule has 2 aromatic carbocycles. The molecule has 0 spiro atoms. The fraction of sp³-hybridized carbons (Fsp3) is 0.286. The Hall–Kier alpha value is -2.95. The number of amides is 1. The molecule has 3 aromatic rings. The minimum absolute atomic E-state index is 0.0293. The summed E-state index contributed by atoms with van der Waals surface area (Å²) in [7, 11) is 0. The molecule has 1 aromatic heterocycles. The highest BCUT2D eigenvalue weighted by molar-refractivity contribution is 5.98. The smallest absolute Gasteiger partial charge is 0.270 e. The van der Waals surface area contributed by atoms with Crippen LogP contribution in [0.5, 0.6) is 11.5 Å². The van der Waals surface area contributed by atoms with Crippen LogP contribution in [0.4, 0.5) is 0 Å². The lowest BCUT2D eigenvalue weighted by Crippen LogP contribution is -2.39. The lowest BCUT2D eigenvalue weighted by Gasteiger charge is -2.31.